The monoisotopic (exact) mass is 240 g/mol. The average Bonchev–Trinajstić information content (AvgIpc) is 2.94. The van der Waals surface area contributed by atoms with Gasteiger partial charge in [-0.25, -0.2) is 0 Å². The summed E-state index contributed by atoms with van der Waals surface area (Å²) in [4.78, 5) is 11.8. The summed E-state index contributed by atoms with van der Waals surface area (Å²) in [5.74, 6) is 1.43. The van der Waals surface area contributed by atoms with Crippen LogP contribution in [0.3, 0.4) is 0 Å². The van der Waals surface area contributed by atoms with Crippen molar-refractivity contribution in [2.75, 3.05) is 17.7 Å². The number of nitrogens with zero attached hydrogens (tertiary/aromatic N) is 3. The first kappa shape index (κ1) is 10.1. The molecule has 0 spiro atoms. The summed E-state index contributed by atoms with van der Waals surface area (Å²) in [6, 6.07) is 0. The lowest BCUT2D eigenvalue weighted by Crippen LogP contribution is -2.28. The van der Waals surface area contributed by atoms with Crippen LogP contribution in [0.1, 0.15) is 12.8 Å². The number of carbonyl (C=O) groups excluding carboxylic acids is 1. The van der Waals surface area contributed by atoms with Crippen molar-refractivity contribution in [3.8, 4) is 0 Å². The Morgan fingerprint density at radius 1 is 1.56 bits per heavy atom. The molecule has 86 valence electrons. The Bertz CT molecular complexity index is 414. The van der Waals surface area contributed by atoms with E-state index in [9.17, 15) is 4.79 Å². The molecular weight excluding hydrogens is 228 g/mol. The van der Waals surface area contributed by atoms with Crippen LogP contribution in [-0.2, 0) is 16.1 Å². The van der Waals surface area contributed by atoms with Crippen LogP contribution in [0, 0.1) is 0 Å². The van der Waals surface area contributed by atoms with Crippen molar-refractivity contribution >= 4 is 23.6 Å². The number of ether oxygens (including phenoxy) is 1. The molecule has 2 aliphatic heterocycles. The normalized spacial score (nSPS) is 23.4. The zero-order chi connectivity index (χ0) is 11.0. The molecule has 1 N–H and O–H groups in total. The second-order valence-corrected chi connectivity index (χ2v) is 4.86. The Morgan fingerprint density at radius 2 is 2.50 bits per heavy atom. The molecule has 3 heterocycles. The quantitative estimate of drug-likeness (QED) is 0.815. The van der Waals surface area contributed by atoms with Gasteiger partial charge in [0.15, 0.2) is 5.16 Å². The Balaban J connectivity index is 1.71. The average molecular weight is 240 g/mol. The molecule has 1 aromatic heterocycles. The predicted molar refractivity (Wildman–Crippen MR) is 58.3 cm³/mol. The van der Waals surface area contributed by atoms with E-state index in [1.807, 2.05) is 4.57 Å². The van der Waals surface area contributed by atoms with Crippen molar-refractivity contribution in [1.29, 1.82) is 0 Å². The summed E-state index contributed by atoms with van der Waals surface area (Å²) in [6.45, 7) is 1.53. The lowest BCUT2D eigenvalue weighted by atomic mass is 10.2. The van der Waals surface area contributed by atoms with Crippen LogP contribution >= 0.6 is 11.8 Å². The third-order valence-corrected chi connectivity index (χ3v) is 3.67. The number of thioether (sulfide) groups is 1. The molecular formula is C9H12N4O2S. The summed E-state index contributed by atoms with van der Waals surface area (Å²) in [5.41, 5.74) is 0. The largest absolute Gasteiger partial charge is 0.368 e. The van der Waals surface area contributed by atoms with Crippen molar-refractivity contribution in [3.63, 3.8) is 0 Å². The number of carbonyl (C=O) groups is 1. The fourth-order valence-electron chi connectivity index (χ4n) is 1.89. The number of hydrogen-bond acceptors (Lipinski definition) is 5. The maximum Gasteiger partial charge on any atom is 0.255 e. The summed E-state index contributed by atoms with van der Waals surface area (Å²) in [6.07, 6.45) is 1.43. The zero-order valence-corrected chi connectivity index (χ0v) is 9.50. The van der Waals surface area contributed by atoms with E-state index in [4.69, 9.17) is 4.74 Å². The van der Waals surface area contributed by atoms with Crippen molar-refractivity contribution in [3.05, 3.63) is 0 Å². The highest BCUT2D eigenvalue weighted by atomic mass is 32.2. The number of amides is 1. The van der Waals surface area contributed by atoms with Crippen LogP contribution in [0.25, 0.3) is 0 Å². The van der Waals surface area contributed by atoms with Gasteiger partial charge in [0.1, 0.15) is 6.10 Å². The van der Waals surface area contributed by atoms with Crippen LogP contribution in [0.5, 0.6) is 0 Å². The van der Waals surface area contributed by atoms with Gasteiger partial charge in [-0.15, -0.1) is 10.2 Å². The lowest BCUT2D eigenvalue weighted by Gasteiger charge is -2.09. The number of nitrogens with one attached hydrogen (secondary N) is 1. The molecule has 0 bridgehead atoms. The summed E-state index contributed by atoms with van der Waals surface area (Å²) >= 11 is 1.65. The molecule has 1 aromatic rings. The Labute approximate surface area is 96.7 Å². The van der Waals surface area contributed by atoms with Crippen LogP contribution in [0.2, 0.25) is 0 Å². The number of hydrogen-bond donors (Lipinski definition) is 1. The highest BCUT2D eigenvalue weighted by Crippen LogP contribution is 2.26. The molecule has 2 aliphatic rings. The second kappa shape index (κ2) is 4.06. The van der Waals surface area contributed by atoms with E-state index in [2.05, 4.69) is 15.5 Å². The zero-order valence-electron chi connectivity index (χ0n) is 8.68. The van der Waals surface area contributed by atoms with Gasteiger partial charge in [-0.2, -0.15) is 0 Å². The minimum atomic E-state index is -0.318. The third-order valence-electron chi connectivity index (χ3n) is 2.72. The maximum atomic E-state index is 11.8. The smallest absolute Gasteiger partial charge is 0.255 e. The molecule has 0 saturated carbocycles. The van der Waals surface area contributed by atoms with Gasteiger partial charge in [0.2, 0.25) is 5.95 Å². The van der Waals surface area contributed by atoms with E-state index in [0.29, 0.717) is 12.6 Å². The second-order valence-electron chi connectivity index (χ2n) is 3.80. The molecule has 7 heteroatoms. The maximum absolute atomic E-state index is 11.8. The predicted octanol–water partition coefficient (Wildman–Crippen LogP) is 0.501. The fraction of sp³-hybridized carbons (Fsp3) is 0.667. The van der Waals surface area contributed by atoms with Gasteiger partial charge in [-0.1, -0.05) is 11.8 Å². The van der Waals surface area contributed by atoms with E-state index >= 15 is 0 Å². The standard InChI is InChI=1S/C9H12N4O2S/c14-7(6-2-1-4-15-6)10-8-11-12-9-13(8)3-5-16-9/h6H,1-5H2,(H,10,11,14). The van der Waals surface area contributed by atoms with Crippen LogP contribution in [0.4, 0.5) is 5.95 Å². The molecule has 1 saturated heterocycles. The van der Waals surface area contributed by atoms with E-state index in [1.54, 1.807) is 11.8 Å². The minimum absolute atomic E-state index is 0.107. The molecule has 0 radical (unpaired) electrons. The highest BCUT2D eigenvalue weighted by molar-refractivity contribution is 7.99. The van der Waals surface area contributed by atoms with E-state index in [1.165, 1.54) is 0 Å². The van der Waals surface area contributed by atoms with Crippen LogP contribution < -0.4 is 5.32 Å². The number of aromatic nitrogens is 3. The van der Waals surface area contributed by atoms with E-state index < -0.39 is 0 Å². The van der Waals surface area contributed by atoms with Crippen LogP contribution in [0.15, 0.2) is 5.16 Å². The molecule has 0 aromatic carbocycles. The van der Waals surface area contributed by atoms with Crippen molar-refractivity contribution in [1.82, 2.24) is 14.8 Å². The Morgan fingerprint density at radius 3 is 3.31 bits per heavy atom. The summed E-state index contributed by atoms with van der Waals surface area (Å²) in [7, 11) is 0. The van der Waals surface area contributed by atoms with E-state index in [0.717, 1.165) is 30.3 Å². The van der Waals surface area contributed by atoms with Crippen molar-refractivity contribution in [2.24, 2.45) is 0 Å². The lowest BCUT2D eigenvalue weighted by molar-refractivity contribution is -0.124. The summed E-state index contributed by atoms with van der Waals surface area (Å²) < 4.78 is 7.24. The molecule has 6 nitrogen and oxygen atoms in total. The molecule has 1 amide bonds. The Hall–Kier alpha value is -1.08. The third kappa shape index (κ3) is 1.69. The minimum Gasteiger partial charge on any atom is -0.368 e. The summed E-state index contributed by atoms with van der Waals surface area (Å²) in [5, 5.41) is 11.6. The number of rotatable bonds is 2. The van der Waals surface area contributed by atoms with Crippen molar-refractivity contribution < 1.29 is 9.53 Å². The topological polar surface area (TPSA) is 69.0 Å². The highest BCUT2D eigenvalue weighted by Gasteiger charge is 2.26. The molecule has 0 aliphatic carbocycles. The van der Waals surface area contributed by atoms with Gasteiger partial charge < -0.3 is 4.74 Å². The van der Waals surface area contributed by atoms with Gasteiger partial charge in [0, 0.05) is 18.9 Å². The van der Waals surface area contributed by atoms with Gasteiger partial charge in [0.05, 0.1) is 0 Å². The number of fused-ring (bicyclic) bond motifs is 1. The molecule has 1 fully saturated rings. The molecule has 1 unspecified atom stereocenters. The van der Waals surface area contributed by atoms with Gasteiger partial charge in [-0.3, -0.25) is 14.7 Å². The van der Waals surface area contributed by atoms with Gasteiger partial charge >= 0.3 is 0 Å². The van der Waals surface area contributed by atoms with Gasteiger partial charge in [-0.05, 0) is 12.8 Å². The molecule has 1 atom stereocenters. The number of anilines is 1. The Kier molecular flexibility index (Phi) is 2.56. The van der Waals surface area contributed by atoms with Gasteiger partial charge in [0.25, 0.3) is 5.91 Å². The molecule has 3 rings (SSSR count). The molecule has 16 heavy (non-hydrogen) atoms. The van der Waals surface area contributed by atoms with Crippen molar-refractivity contribution in [2.45, 2.75) is 30.6 Å². The first-order valence-corrected chi connectivity index (χ1v) is 6.31. The SMILES string of the molecule is O=C(Nc1nnc2n1CCS2)C1CCCO1. The van der Waals surface area contributed by atoms with Crippen LogP contribution in [-0.4, -0.2) is 39.1 Å². The first-order valence-electron chi connectivity index (χ1n) is 5.33. The first-order chi connectivity index (χ1) is 7.84. The van der Waals surface area contributed by atoms with E-state index in [-0.39, 0.29) is 12.0 Å². The fourth-order valence-corrected chi connectivity index (χ4v) is 2.78.